The van der Waals surface area contributed by atoms with E-state index >= 15 is 0 Å². The number of anilines is 1. The number of hydrogen-bond donors (Lipinski definition) is 1. The van der Waals surface area contributed by atoms with Crippen LogP contribution in [-0.4, -0.2) is 43.5 Å². The number of carbonyl (C=O) groups excluding carboxylic acids is 2. The van der Waals surface area contributed by atoms with Crippen molar-refractivity contribution in [2.75, 3.05) is 32.1 Å². The molecular weight excluding hydrogens is 292 g/mol. The van der Waals surface area contributed by atoms with Crippen molar-refractivity contribution in [1.82, 2.24) is 4.90 Å². The van der Waals surface area contributed by atoms with Crippen LogP contribution in [0.4, 0.5) is 5.69 Å². The number of ether oxygens (including phenoxy) is 1. The first-order valence-corrected chi connectivity index (χ1v) is 8.19. The second-order valence-electron chi connectivity index (χ2n) is 6.40. The smallest absolute Gasteiger partial charge is 0.308 e. The monoisotopic (exact) mass is 318 g/mol. The molecule has 23 heavy (non-hydrogen) atoms. The van der Waals surface area contributed by atoms with Gasteiger partial charge < -0.3 is 10.1 Å². The fourth-order valence-corrected chi connectivity index (χ4v) is 2.85. The first-order valence-electron chi connectivity index (χ1n) is 8.19. The van der Waals surface area contributed by atoms with Crippen LogP contribution in [0.5, 0.6) is 0 Å². The van der Waals surface area contributed by atoms with Gasteiger partial charge in [0.2, 0.25) is 5.91 Å². The number of rotatable bonds is 5. The maximum atomic E-state index is 12.1. The highest BCUT2D eigenvalue weighted by Crippen LogP contribution is 2.19. The van der Waals surface area contributed by atoms with E-state index in [0.717, 1.165) is 31.6 Å². The molecule has 1 aromatic rings. The van der Waals surface area contributed by atoms with Gasteiger partial charge in [0.15, 0.2) is 0 Å². The summed E-state index contributed by atoms with van der Waals surface area (Å²) in [7, 11) is 1.42. The van der Waals surface area contributed by atoms with E-state index in [9.17, 15) is 9.59 Å². The lowest BCUT2D eigenvalue weighted by Crippen LogP contribution is -2.41. The van der Waals surface area contributed by atoms with Gasteiger partial charge in [0.1, 0.15) is 0 Å². The number of methoxy groups -OCH3 is 1. The molecule has 1 saturated heterocycles. The molecule has 5 heteroatoms. The molecule has 0 radical (unpaired) electrons. The number of likely N-dealkylation sites (tertiary alicyclic amines) is 1. The average Bonchev–Trinajstić information content (AvgIpc) is 2.55. The third-order valence-electron chi connectivity index (χ3n) is 4.35. The van der Waals surface area contributed by atoms with Gasteiger partial charge in [0.05, 0.1) is 19.6 Å². The molecule has 1 fully saturated rings. The predicted octanol–water partition coefficient (Wildman–Crippen LogP) is 2.63. The van der Waals surface area contributed by atoms with E-state index in [1.54, 1.807) is 0 Å². The Hall–Kier alpha value is -1.88. The molecule has 0 aliphatic carbocycles. The van der Waals surface area contributed by atoms with E-state index in [-0.39, 0.29) is 17.8 Å². The molecule has 1 aliphatic rings. The summed E-state index contributed by atoms with van der Waals surface area (Å²) in [4.78, 5) is 25.7. The topological polar surface area (TPSA) is 58.6 Å². The standard InChI is InChI=1S/C18H26N2O3/c1-13(2)14-4-6-16(7-5-14)19-17(21)12-20-10-8-15(9-11-20)18(22)23-3/h4-7,13,15H,8-12H2,1-3H3,(H,19,21). The summed E-state index contributed by atoms with van der Waals surface area (Å²) in [6.45, 7) is 6.15. The second kappa shape index (κ2) is 8.11. The fourth-order valence-electron chi connectivity index (χ4n) is 2.85. The van der Waals surface area contributed by atoms with Crippen LogP contribution in [0.1, 0.15) is 38.2 Å². The Bertz CT molecular complexity index is 532. The van der Waals surface area contributed by atoms with Gasteiger partial charge >= 0.3 is 5.97 Å². The number of nitrogens with one attached hydrogen (secondary N) is 1. The van der Waals surface area contributed by atoms with E-state index in [4.69, 9.17) is 4.74 Å². The molecule has 1 aromatic carbocycles. The van der Waals surface area contributed by atoms with Gasteiger partial charge in [-0.05, 0) is 49.5 Å². The maximum absolute atomic E-state index is 12.1. The van der Waals surface area contributed by atoms with Gasteiger partial charge in [0, 0.05) is 5.69 Å². The molecule has 0 bridgehead atoms. The van der Waals surface area contributed by atoms with Crippen molar-refractivity contribution in [3.05, 3.63) is 29.8 Å². The summed E-state index contributed by atoms with van der Waals surface area (Å²) in [5.74, 6) is 0.303. The Morgan fingerprint density at radius 1 is 1.22 bits per heavy atom. The highest BCUT2D eigenvalue weighted by molar-refractivity contribution is 5.92. The van der Waals surface area contributed by atoms with Crippen molar-refractivity contribution in [1.29, 1.82) is 0 Å². The molecule has 5 nitrogen and oxygen atoms in total. The van der Waals surface area contributed by atoms with Crippen molar-refractivity contribution in [3.63, 3.8) is 0 Å². The zero-order chi connectivity index (χ0) is 16.8. The van der Waals surface area contributed by atoms with Crippen LogP contribution >= 0.6 is 0 Å². The average molecular weight is 318 g/mol. The summed E-state index contributed by atoms with van der Waals surface area (Å²) in [5.41, 5.74) is 2.08. The number of piperidine rings is 1. The van der Waals surface area contributed by atoms with Crippen LogP contribution < -0.4 is 5.32 Å². The Balaban J connectivity index is 1.78. The van der Waals surface area contributed by atoms with Gasteiger partial charge in [0.25, 0.3) is 0 Å². The Kier molecular flexibility index (Phi) is 6.16. The largest absolute Gasteiger partial charge is 0.469 e. The molecule has 1 amide bonds. The summed E-state index contributed by atoms with van der Waals surface area (Å²) in [6.07, 6.45) is 1.51. The van der Waals surface area contributed by atoms with E-state index in [0.29, 0.717) is 12.5 Å². The second-order valence-corrected chi connectivity index (χ2v) is 6.40. The number of carbonyl (C=O) groups is 2. The van der Waals surface area contributed by atoms with Gasteiger partial charge in [-0.25, -0.2) is 0 Å². The highest BCUT2D eigenvalue weighted by Gasteiger charge is 2.26. The van der Waals surface area contributed by atoms with Crippen LogP contribution in [-0.2, 0) is 14.3 Å². The number of benzene rings is 1. The molecule has 1 N–H and O–H groups in total. The van der Waals surface area contributed by atoms with E-state index in [2.05, 4.69) is 24.1 Å². The van der Waals surface area contributed by atoms with Crippen LogP contribution in [0.2, 0.25) is 0 Å². The van der Waals surface area contributed by atoms with Gasteiger partial charge in [-0.1, -0.05) is 26.0 Å². The molecule has 0 saturated carbocycles. The van der Waals surface area contributed by atoms with Crippen LogP contribution in [0.15, 0.2) is 24.3 Å². The lowest BCUT2D eigenvalue weighted by atomic mass is 9.97. The van der Waals surface area contributed by atoms with Crippen molar-refractivity contribution in [3.8, 4) is 0 Å². The third-order valence-corrected chi connectivity index (χ3v) is 4.35. The lowest BCUT2D eigenvalue weighted by molar-refractivity contribution is -0.147. The number of amides is 1. The van der Waals surface area contributed by atoms with Crippen LogP contribution in [0.25, 0.3) is 0 Å². The zero-order valence-corrected chi connectivity index (χ0v) is 14.2. The fraction of sp³-hybridized carbons (Fsp3) is 0.556. The quantitative estimate of drug-likeness (QED) is 0.848. The summed E-state index contributed by atoms with van der Waals surface area (Å²) in [5, 5.41) is 2.93. The van der Waals surface area contributed by atoms with Crippen molar-refractivity contribution in [2.45, 2.75) is 32.6 Å². The Morgan fingerprint density at radius 2 is 1.83 bits per heavy atom. The van der Waals surface area contributed by atoms with Crippen molar-refractivity contribution >= 4 is 17.6 Å². The SMILES string of the molecule is COC(=O)C1CCN(CC(=O)Nc2ccc(C(C)C)cc2)CC1. The highest BCUT2D eigenvalue weighted by atomic mass is 16.5. The Morgan fingerprint density at radius 3 is 2.35 bits per heavy atom. The number of hydrogen-bond acceptors (Lipinski definition) is 4. The first-order chi connectivity index (χ1) is 11.0. The van der Waals surface area contributed by atoms with E-state index in [1.165, 1.54) is 12.7 Å². The van der Waals surface area contributed by atoms with E-state index in [1.807, 2.05) is 24.3 Å². The van der Waals surface area contributed by atoms with Gasteiger partial charge in [-0.15, -0.1) is 0 Å². The first kappa shape index (κ1) is 17.5. The Labute approximate surface area is 138 Å². The number of esters is 1. The minimum absolute atomic E-state index is 0.0150. The molecule has 1 heterocycles. The minimum Gasteiger partial charge on any atom is -0.469 e. The van der Waals surface area contributed by atoms with Crippen molar-refractivity contribution < 1.29 is 14.3 Å². The normalized spacial score (nSPS) is 16.3. The summed E-state index contributed by atoms with van der Waals surface area (Å²) < 4.78 is 4.77. The zero-order valence-electron chi connectivity index (χ0n) is 14.2. The maximum Gasteiger partial charge on any atom is 0.308 e. The van der Waals surface area contributed by atoms with Gasteiger partial charge in [-0.3, -0.25) is 14.5 Å². The predicted molar refractivity (Wildman–Crippen MR) is 90.3 cm³/mol. The molecule has 126 valence electrons. The molecule has 0 unspecified atom stereocenters. The molecule has 0 spiro atoms. The summed E-state index contributed by atoms with van der Waals surface area (Å²) >= 11 is 0. The van der Waals surface area contributed by atoms with Crippen molar-refractivity contribution in [2.24, 2.45) is 5.92 Å². The van der Waals surface area contributed by atoms with Crippen LogP contribution in [0.3, 0.4) is 0 Å². The summed E-state index contributed by atoms with van der Waals surface area (Å²) in [6, 6.07) is 7.97. The molecule has 0 atom stereocenters. The minimum atomic E-state index is -0.139. The molecular formula is C18H26N2O3. The molecule has 0 aromatic heterocycles. The van der Waals surface area contributed by atoms with Crippen LogP contribution in [0, 0.1) is 5.92 Å². The van der Waals surface area contributed by atoms with E-state index < -0.39 is 0 Å². The van der Waals surface area contributed by atoms with Gasteiger partial charge in [-0.2, -0.15) is 0 Å². The molecule has 2 rings (SSSR count). The lowest BCUT2D eigenvalue weighted by Gasteiger charge is -2.29. The third kappa shape index (κ3) is 5.06. The molecule has 1 aliphatic heterocycles. The number of nitrogens with zero attached hydrogens (tertiary/aromatic N) is 1.